The van der Waals surface area contributed by atoms with E-state index in [1.807, 2.05) is 13.8 Å². The monoisotopic (exact) mass is 330 g/mol. The molecule has 0 spiro atoms. The number of hydrogen-bond acceptors (Lipinski definition) is 4. The highest BCUT2D eigenvalue weighted by molar-refractivity contribution is 5.69. The van der Waals surface area contributed by atoms with Crippen LogP contribution in [0.25, 0.3) is 0 Å². The first kappa shape index (κ1) is 22.4. The normalized spacial score (nSPS) is 13.7. The Kier molecular flexibility index (Phi) is 15.8. The van der Waals surface area contributed by atoms with Gasteiger partial charge in [0.15, 0.2) is 0 Å². The number of hydrogen-bond donors (Lipinski definition) is 0. The van der Waals surface area contributed by atoms with Gasteiger partial charge in [0, 0.05) is 13.5 Å². The summed E-state index contributed by atoms with van der Waals surface area (Å²) in [4.78, 5) is 11.6. The van der Waals surface area contributed by atoms with E-state index in [-0.39, 0.29) is 18.2 Å². The van der Waals surface area contributed by atoms with Crippen molar-refractivity contribution in [2.45, 2.75) is 97.2 Å². The Morgan fingerprint density at radius 3 is 1.96 bits per heavy atom. The van der Waals surface area contributed by atoms with Crippen molar-refractivity contribution in [2.75, 3.05) is 20.3 Å². The van der Waals surface area contributed by atoms with Gasteiger partial charge in [-0.1, -0.05) is 58.3 Å². The summed E-state index contributed by atoms with van der Waals surface area (Å²) in [7, 11) is 1.66. The van der Waals surface area contributed by atoms with Gasteiger partial charge in [-0.2, -0.15) is 0 Å². The number of carbonyl (C=O) groups excluding carboxylic acids is 1. The SMILES string of the molecule is CCCCCCCCCCCC(=O)OCC(C)OCC(C)OC. The molecule has 4 heteroatoms. The predicted octanol–water partition coefficient (Wildman–Crippen LogP) is 4.89. The lowest BCUT2D eigenvalue weighted by molar-refractivity contribution is -0.148. The Bertz CT molecular complexity index is 268. The van der Waals surface area contributed by atoms with Crippen LogP contribution in [-0.2, 0) is 19.0 Å². The van der Waals surface area contributed by atoms with Crippen molar-refractivity contribution in [3.8, 4) is 0 Å². The van der Waals surface area contributed by atoms with Crippen LogP contribution in [0.1, 0.15) is 85.0 Å². The van der Waals surface area contributed by atoms with Crippen molar-refractivity contribution in [2.24, 2.45) is 0 Å². The van der Waals surface area contributed by atoms with E-state index in [2.05, 4.69) is 6.92 Å². The first-order valence-corrected chi connectivity index (χ1v) is 9.40. The van der Waals surface area contributed by atoms with Crippen LogP contribution in [0.2, 0.25) is 0 Å². The first-order valence-electron chi connectivity index (χ1n) is 9.40. The summed E-state index contributed by atoms with van der Waals surface area (Å²) in [6.45, 7) is 6.95. The highest BCUT2D eigenvalue weighted by Crippen LogP contribution is 2.10. The second kappa shape index (κ2) is 16.3. The fourth-order valence-electron chi connectivity index (χ4n) is 2.28. The third kappa shape index (κ3) is 16.0. The topological polar surface area (TPSA) is 44.8 Å². The molecule has 4 nitrogen and oxygen atoms in total. The van der Waals surface area contributed by atoms with Gasteiger partial charge in [-0.3, -0.25) is 4.79 Å². The highest BCUT2D eigenvalue weighted by atomic mass is 16.6. The van der Waals surface area contributed by atoms with E-state index in [1.165, 1.54) is 44.9 Å². The number of methoxy groups -OCH3 is 1. The zero-order valence-corrected chi connectivity index (χ0v) is 15.8. The molecular weight excluding hydrogens is 292 g/mol. The van der Waals surface area contributed by atoms with Crippen LogP contribution >= 0.6 is 0 Å². The summed E-state index contributed by atoms with van der Waals surface area (Å²) < 4.78 is 15.9. The number of ether oxygens (including phenoxy) is 3. The molecule has 0 fully saturated rings. The average Bonchev–Trinajstić information content (AvgIpc) is 2.56. The van der Waals surface area contributed by atoms with Crippen LogP contribution in [0.15, 0.2) is 0 Å². The molecular formula is C19H38O4. The van der Waals surface area contributed by atoms with Gasteiger partial charge in [0.1, 0.15) is 6.61 Å². The zero-order valence-electron chi connectivity index (χ0n) is 15.8. The van der Waals surface area contributed by atoms with E-state index in [0.29, 0.717) is 19.6 Å². The Morgan fingerprint density at radius 1 is 0.826 bits per heavy atom. The van der Waals surface area contributed by atoms with Crippen LogP contribution in [0.5, 0.6) is 0 Å². The van der Waals surface area contributed by atoms with E-state index in [9.17, 15) is 4.79 Å². The molecule has 0 heterocycles. The number of unbranched alkanes of at least 4 members (excludes halogenated alkanes) is 8. The molecule has 0 aliphatic heterocycles. The van der Waals surface area contributed by atoms with Gasteiger partial charge >= 0.3 is 5.97 Å². The lowest BCUT2D eigenvalue weighted by Crippen LogP contribution is -2.24. The van der Waals surface area contributed by atoms with E-state index < -0.39 is 0 Å². The maximum atomic E-state index is 11.6. The third-order valence-electron chi connectivity index (χ3n) is 3.98. The van der Waals surface area contributed by atoms with Crippen LogP contribution < -0.4 is 0 Å². The largest absolute Gasteiger partial charge is 0.463 e. The molecule has 0 amide bonds. The fourth-order valence-corrected chi connectivity index (χ4v) is 2.28. The highest BCUT2D eigenvalue weighted by Gasteiger charge is 2.09. The molecule has 0 N–H and O–H groups in total. The Hall–Kier alpha value is -0.610. The van der Waals surface area contributed by atoms with Gasteiger partial charge in [-0.15, -0.1) is 0 Å². The summed E-state index contributed by atoms with van der Waals surface area (Å²) in [5.41, 5.74) is 0. The molecule has 138 valence electrons. The minimum Gasteiger partial charge on any atom is -0.463 e. The van der Waals surface area contributed by atoms with Gasteiger partial charge in [-0.25, -0.2) is 0 Å². The zero-order chi connectivity index (χ0) is 17.3. The van der Waals surface area contributed by atoms with E-state index in [0.717, 1.165) is 12.8 Å². The van der Waals surface area contributed by atoms with Crippen molar-refractivity contribution in [3.63, 3.8) is 0 Å². The van der Waals surface area contributed by atoms with Crippen molar-refractivity contribution in [1.29, 1.82) is 0 Å². The van der Waals surface area contributed by atoms with Gasteiger partial charge in [-0.05, 0) is 20.3 Å². The molecule has 0 radical (unpaired) electrons. The summed E-state index contributed by atoms with van der Waals surface area (Å²) in [6.07, 6.45) is 11.8. The molecule has 2 unspecified atom stereocenters. The van der Waals surface area contributed by atoms with Crippen molar-refractivity contribution < 1.29 is 19.0 Å². The van der Waals surface area contributed by atoms with Crippen LogP contribution in [0.3, 0.4) is 0 Å². The van der Waals surface area contributed by atoms with Crippen molar-refractivity contribution in [1.82, 2.24) is 0 Å². The Balaban J connectivity index is 3.36. The van der Waals surface area contributed by atoms with E-state index in [4.69, 9.17) is 14.2 Å². The van der Waals surface area contributed by atoms with Crippen LogP contribution in [0.4, 0.5) is 0 Å². The average molecular weight is 331 g/mol. The Morgan fingerprint density at radius 2 is 1.39 bits per heavy atom. The minimum atomic E-state index is -0.108. The second-order valence-corrected chi connectivity index (χ2v) is 6.45. The minimum absolute atomic E-state index is 0.0649. The summed E-state index contributed by atoms with van der Waals surface area (Å²) >= 11 is 0. The molecule has 0 bridgehead atoms. The molecule has 0 saturated heterocycles. The van der Waals surface area contributed by atoms with E-state index >= 15 is 0 Å². The third-order valence-corrected chi connectivity index (χ3v) is 3.98. The van der Waals surface area contributed by atoms with Crippen LogP contribution in [0, 0.1) is 0 Å². The Labute approximate surface area is 143 Å². The smallest absolute Gasteiger partial charge is 0.305 e. The maximum absolute atomic E-state index is 11.6. The summed E-state index contributed by atoms with van der Waals surface area (Å²) in [5, 5.41) is 0. The van der Waals surface area contributed by atoms with Gasteiger partial charge in [0.2, 0.25) is 0 Å². The molecule has 0 aromatic heterocycles. The van der Waals surface area contributed by atoms with Crippen LogP contribution in [-0.4, -0.2) is 38.5 Å². The number of rotatable bonds is 16. The molecule has 23 heavy (non-hydrogen) atoms. The summed E-state index contributed by atoms with van der Waals surface area (Å²) in [6, 6.07) is 0. The molecule has 0 aromatic carbocycles. The van der Waals surface area contributed by atoms with Gasteiger partial charge < -0.3 is 14.2 Å². The predicted molar refractivity (Wildman–Crippen MR) is 94.7 cm³/mol. The molecule has 2 atom stereocenters. The molecule has 0 aliphatic rings. The number of esters is 1. The lowest BCUT2D eigenvalue weighted by Gasteiger charge is -2.16. The van der Waals surface area contributed by atoms with Crippen molar-refractivity contribution in [3.05, 3.63) is 0 Å². The molecule has 0 rings (SSSR count). The maximum Gasteiger partial charge on any atom is 0.305 e. The quantitative estimate of drug-likeness (QED) is 0.298. The molecule has 0 aliphatic carbocycles. The molecule has 0 saturated carbocycles. The van der Waals surface area contributed by atoms with Crippen molar-refractivity contribution >= 4 is 5.97 Å². The standard InChI is InChI=1S/C19H38O4/c1-5-6-7-8-9-10-11-12-13-14-19(20)23-16-18(3)22-15-17(2)21-4/h17-18H,5-16H2,1-4H3. The van der Waals surface area contributed by atoms with Gasteiger partial charge in [0.25, 0.3) is 0 Å². The van der Waals surface area contributed by atoms with E-state index in [1.54, 1.807) is 7.11 Å². The molecule has 0 aromatic rings. The lowest BCUT2D eigenvalue weighted by atomic mass is 10.1. The summed E-state index contributed by atoms with van der Waals surface area (Å²) in [5.74, 6) is -0.108. The van der Waals surface area contributed by atoms with Gasteiger partial charge in [0.05, 0.1) is 18.8 Å². The number of carbonyl (C=O) groups is 1. The first-order chi connectivity index (χ1) is 11.1. The second-order valence-electron chi connectivity index (χ2n) is 6.45. The fraction of sp³-hybridized carbons (Fsp3) is 0.947.